The van der Waals surface area contributed by atoms with Crippen LogP contribution < -0.4 is 10.2 Å². The number of aliphatic hydroxyl groups is 1. The molecule has 19 heavy (non-hydrogen) atoms. The van der Waals surface area contributed by atoms with Crippen LogP contribution >= 0.6 is 0 Å². The lowest BCUT2D eigenvalue weighted by atomic mass is 9.96. The van der Waals surface area contributed by atoms with Crippen molar-refractivity contribution in [1.29, 1.82) is 0 Å². The van der Waals surface area contributed by atoms with Gasteiger partial charge in [0.25, 0.3) is 0 Å². The van der Waals surface area contributed by atoms with Gasteiger partial charge in [-0.25, -0.2) is 0 Å². The van der Waals surface area contributed by atoms with Crippen molar-refractivity contribution >= 4 is 5.69 Å². The third-order valence-electron chi connectivity index (χ3n) is 4.55. The van der Waals surface area contributed by atoms with Crippen LogP contribution in [0.25, 0.3) is 0 Å². The van der Waals surface area contributed by atoms with Crippen LogP contribution in [0.3, 0.4) is 0 Å². The molecule has 0 saturated carbocycles. The lowest BCUT2D eigenvalue weighted by molar-refractivity contribution is 0.126. The number of nitrogens with one attached hydrogen (secondary N) is 1. The molecular formula is C16H24N2O. The van der Waals surface area contributed by atoms with Crippen molar-refractivity contribution in [2.75, 3.05) is 25.0 Å². The zero-order valence-corrected chi connectivity index (χ0v) is 11.7. The lowest BCUT2D eigenvalue weighted by Gasteiger charge is -2.23. The molecule has 0 spiro atoms. The molecule has 1 aromatic rings. The van der Waals surface area contributed by atoms with E-state index in [-0.39, 0.29) is 12.1 Å². The number of benzene rings is 1. The summed E-state index contributed by atoms with van der Waals surface area (Å²) in [5.74, 6) is 0. The van der Waals surface area contributed by atoms with Crippen molar-refractivity contribution in [1.82, 2.24) is 5.32 Å². The van der Waals surface area contributed by atoms with Crippen molar-refractivity contribution in [3.05, 3.63) is 29.3 Å². The Morgan fingerprint density at radius 3 is 3.11 bits per heavy atom. The highest BCUT2D eigenvalue weighted by Crippen LogP contribution is 2.31. The number of aliphatic hydroxyl groups excluding tert-OH is 1. The van der Waals surface area contributed by atoms with Crippen LogP contribution in [0.5, 0.6) is 0 Å². The highest BCUT2D eigenvalue weighted by molar-refractivity contribution is 5.58. The van der Waals surface area contributed by atoms with Gasteiger partial charge in [0.2, 0.25) is 0 Å². The fourth-order valence-electron chi connectivity index (χ4n) is 3.33. The standard InChI is InChI=1S/C16H24N2O/c1-18-10-8-12-11-13(6-7-15(12)18)16(19)14-5-3-2-4-9-17-14/h6-7,11,14,16-17,19H,2-5,8-10H2,1H3. The summed E-state index contributed by atoms with van der Waals surface area (Å²) >= 11 is 0. The predicted molar refractivity (Wildman–Crippen MR) is 78.6 cm³/mol. The first-order chi connectivity index (χ1) is 9.25. The van der Waals surface area contributed by atoms with E-state index in [1.54, 1.807) is 0 Å². The molecule has 0 amide bonds. The molecular weight excluding hydrogens is 236 g/mol. The Morgan fingerprint density at radius 2 is 2.21 bits per heavy atom. The molecule has 2 heterocycles. The molecule has 1 aromatic carbocycles. The third-order valence-corrected chi connectivity index (χ3v) is 4.55. The fourth-order valence-corrected chi connectivity index (χ4v) is 3.33. The molecule has 1 saturated heterocycles. The molecule has 3 rings (SSSR count). The summed E-state index contributed by atoms with van der Waals surface area (Å²) < 4.78 is 0. The van der Waals surface area contributed by atoms with Crippen molar-refractivity contribution in [3.63, 3.8) is 0 Å². The van der Waals surface area contributed by atoms with Gasteiger partial charge in [-0.2, -0.15) is 0 Å². The zero-order chi connectivity index (χ0) is 13.2. The molecule has 1 fully saturated rings. The van der Waals surface area contributed by atoms with Crippen LogP contribution in [0, 0.1) is 0 Å². The molecule has 2 unspecified atom stereocenters. The van der Waals surface area contributed by atoms with Gasteiger partial charge in [-0.3, -0.25) is 0 Å². The minimum Gasteiger partial charge on any atom is -0.387 e. The highest BCUT2D eigenvalue weighted by Gasteiger charge is 2.24. The molecule has 0 aliphatic carbocycles. The summed E-state index contributed by atoms with van der Waals surface area (Å²) in [6.45, 7) is 2.13. The smallest absolute Gasteiger partial charge is 0.0943 e. The van der Waals surface area contributed by atoms with Crippen LogP contribution in [0.2, 0.25) is 0 Å². The number of likely N-dealkylation sites (N-methyl/N-ethyl adjacent to an activating group) is 1. The number of anilines is 1. The summed E-state index contributed by atoms with van der Waals surface area (Å²) in [7, 11) is 2.13. The summed E-state index contributed by atoms with van der Waals surface area (Å²) in [6.07, 6.45) is 5.56. The quantitative estimate of drug-likeness (QED) is 0.856. The topological polar surface area (TPSA) is 35.5 Å². The van der Waals surface area contributed by atoms with Gasteiger partial charge in [-0.15, -0.1) is 0 Å². The Hall–Kier alpha value is -1.06. The Kier molecular flexibility index (Phi) is 3.76. The van der Waals surface area contributed by atoms with E-state index in [1.807, 2.05) is 0 Å². The van der Waals surface area contributed by atoms with Crippen LogP contribution in [0.15, 0.2) is 18.2 Å². The first-order valence-electron chi connectivity index (χ1n) is 7.51. The Labute approximate surface area is 115 Å². The molecule has 2 N–H and O–H groups in total. The van der Waals surface area contributed by atoms with Crippen molar-refractivity contribution in [2.45, 2.75) is 44.2 Å². The van der Waals surface area contributed by atoms with Crippen molar-refractivity contribution < 1.29 is 5.11 Å². The molecule has 2 aliphatic heterocycles. The van der Waals surface area contributed by atoms with Gasteiger partial charge in [0.1, 0.15) is 0 Å². The number of rotatable bonds is 2. The zero-order valence-electron chi connectivity index (χ0n) is 11.7. The van der Waals surface area contributed by atoms with E-state index in [2.05, 4.69) is 35.5 Å². The fraction of sp³-hybridized carbons (Fsp3) is 0.625. The second kappa shape index (κ2) is 5.51. The lowest BCUT2D eigenvalue weighted by Crippen LogP contribution is -2.34. The van der Waals surface area contributed by atoms with Gasteiger partial charge < -0.3 is 15.3 Å². The largest absolute Gasteiger partial charge is 0.387 e. The van der Waals surface area contributed by atoms with E-state index < -0.39 is 0 Å². The van der Waals surface area contributed by atoms with Gasteiger partial charge in [0, 0.05) is 25.3 Å². The average Bonchev–Trinajstić information content (AvgIpc) is 2.67. The van der Waals surface area contributed by atoms with E-state index >= 15 is 0 Å². The van der Waals surface area contributed by atoms with Crippen LogP contribution in [-0.2, 0) is 6.42 Å². The Bertz CT molecular complexity index is 438. The first-order valence-corrected chi connectivity index (χ1v) is 7.51. The van der Waals surface area contributed by atoms with Crippen molar-refractivity contribution in [2.24, 2.45) is 0 Å². The number of hydrogen-bond donors (Lipinski definition) is 2. The Balaban J connectivity index is 1.78. The summed E-state index contributed by atoms with van der Waals surface area (Å²) in [6, 6.07) is 6.69. The monoisotopic (exact) mass is 260 g/mol. The van der Waals surface area contributed by atoms with Crippen LogP contribution in [-0.4, -0.2) is 31.3 Å². The van der Waals surface area contributed by atoms with E-state index in [1.165, 1.54) is 30.5 Å². The van der Waals surface area contributed by atoms with E-state index in [0.29, 0.717) is 0 Å². The number of hydrogen-bond acceptors (Lipinski definition) is 3. The number of nitrogens with zero attached hydrogens (tertiary/aromatic N) is 1. The second-order valence-corrected chi connectivity index (χ2v) is 5.91. The van der Waals surface area contributed by atoms with Gasteiger partial charge in [0.05, 0.1) is 6.10 Å². The maximum Gasteiger partial charge on any atom is 0.0943 e. The van der Waals surface area contributed by atoms with Gasteiger partial charge >= 0.3 is 0 Å². The Morgan fingerprint density at radius 1 is 1.32 bits per heavy atom. The molecule has 0 bridgehead atoms. The molecule has 0 aromatic heterocycles. The summed E-state index contributed by atoms with van der Waals surface area (Å²) in [4.78, 5) is 2.29. The molecule has 0 radical (unpaired) electrons. The van der Waals surface area contributed by atoms with Gasteiger partial charge in [-0.1, -0.05) is 25.0 Å². The maximum absolute atomic E-state index is 10.6. The van der Waals surface area contributed by atoms with Crippen LogP contribution in [0.1, 0.15) is 42.9 Å². The van der Waals surface area contributed by atoms with E-state index in [4.69, 9.17) is 0 Å². The molecule has 3 heteroatoms. The van der Waals surface area contributed by atoms with Crippen LogP contribution in [0.4, 0.5) is 5.69 Å². The van der Waals surface area contributed by atoms with Gasteiger partial charge in [-0.05, 0) is 43.0 Å². The molecule has 3 nitrogen and oxygen atoms in total. The van der Waals surface area contributed by atoms with E-state index in [9.17, 15) is 5.11 Å². The summed E-state index contributed by atoms with van der Waals surface area (Å²) in [5, 5.41) is 14.1. The highest BCUT2D eigenvalue weighted by atomic mass is 16.3. The maximum atomic E-state index is 10.6. The summed E-state index contributed by atoms with van der Waals surface area (Å²) in [5.41, 5.74) is 3.78. The average molecular weight is 260 g/mol. The predicted octanol–water partition coefficient (Wildman–Crippen LogP) is 2.24. The minimum atomic E-state index is -0.366. The molecule has 2 aliphatic rings. The van der Waals surface area contributed by atoms with Crippen molar-refractivity contribution in [3.8, 4) is 0 Å². The normalized spacial score (nSPS) is 24.9. The van der Waals surface area contributed by atoms with Gasteiger partial charge in [0.15, 0.2) is 0 Å². The third kappa shape index (κ3) is 2.63. The molecule has 104 valence electrons. The first kappa shape index (κ1) is 12.9. The minimum absolute atomic E-state index is 0.222. The SMILES string of the molecule is CN1CCc2cc(C(O)C3CCCCCN3)ccc21. The second-order valence-electron chi connectivity index (χ2n) is 5.91. The number of fused-ring (bicyclic) bond motifs is 1. The van der Waals surface area contributed by atoms with E-state index in [0.717, 1.165) is 31.5 Å². The molecule has 2 atom stereocenters.